The summed E-state index contributed by atoms with van der Waals surface area (Å²) in [6.07, 6.45) is 7.93. The number of nitrogens with one attached hydrogen (secondary N) is 4. The lowest BCUT2D eigenvalue weighted by Gasteiger charge is -2.36. The van der Waals surface area contributed by atoms with Crippen LogP contribution in [0.1, 0.15) is 94.4 Å². The van der Waals surface area contributed by atoms with Crippen molar-refractivity contribution in [1.82, 2.24) is 26.2 Å². The number of amides is 5. The average molecular weight is 687 g/mol. The van der Waals surface area contributed by atoms with Gasteiger partial charge in [-0.15, -0.1) is 0 Å². The third-order valence-electron chi connectivity index (χ3n) is 8.97. The van der Waals surface area contributed by atoms with Crippen LogP contribution in [0.2, 0.25) is 0 Å². The number of nitrogens with two attached hydrogens (primary N) is 1. The van der Waals surface area contributed by atoms with Crippen LogP contribution in [-0.4, -0.2) is 89.8 Å². The molecule has 2 aliphatic rings. The van der Waals surface area contributed by atoms with Crippen LogP contribution in [0.4, 0.5) is 4.79 Å². The quantitative estimate of drug-likeness (QED) is 0.128. The number of Topliss-reactive ketones (excluding diaryl/α,β-unsaturated/α-hetero) is 1. The Kier molecular flexibility index (Phi) is 14.8. The SMILES string of the molecule is C=CC1=C(/C=C\C)CC(OC(=O)C(NC(=O)NC(C(=O)N2CCCC2C(=O)NC(CNC(C)CC)C(=O)C(N)=O)C(C)(C)C)C(C)(C)C)C1. The van der Waals surface area contributed by atoms with Gasteiger partial charge in [-0.25, -0.2) is 9.59 Å². The summed E-state index contributed by atoms with van der Waals surface area (Å²) >= 11 is 0. The molecule has 0 saturated carbocycles. The Balaban J connectivity index is 2.20. The third kappa shape index (κ3) is 11.5. The fourth-order valence-electron chi connectivity index (χ4n) is 5.89. The number of carbonyl (C=O) groups is 6. The topological polar surface area (TPSA) is 189 Å². The summed E-state index contributed by atoms with van der Waals surface area (Å²) in [5.41, 5.74) is 5.78. The number of urea groups is 1. The van der Waals surface area contributed by atoms with Gasteiger partial charge in [0.05, 0.1) is 0 Å². The van der Waals surface area contributed by atoms with Crippen LogP contribution < -0.4 is 27.0 Å². The smallest absolute Gasteiger partial charge is 0.329 e. The van der Waals surface area contributed by atoms with Crippen LogP contribution in [-0.2, 0) is 28.7 Å². The molecule has 1 fully saturated rings. The van der Waals surface area contributed by atoms with Crippen molar-refractivity contribution in [2.24, 2.45) is 16.6 Å². The molecule has 0 aromatic heterocycles. The number of esters is 1. The van der Waals surface area contributed by atoms with Crippen molar-refractivity contribution in [2.75, 3.05) is 13.1 Å². The molecule has 1 aliphatic carbocycles. The lowest BCUT2D eigenvalue weighted by Crippen LogP contribution is -2.62. The molecule has 2 rings (SSSR count). The molecule has 13 heteroatoms. The van der Waals surface area contributed by atoms with Crippen molar-refractivity contribution in [3.63, 3.8) is 0 Å². The molecule has 6 unspecified atom stereocenters. The number of primary amides is 1. The van der Waals surface area contributed by atoms with E-state index in [4.69, 9.17) is 10.5 Å². The van der Waals surface area contributed by atoms with Crippen molar-refractivity contribution >= 4 is 35.5 Å². The van der Waals surface area contributed by atoms with E-state index >= 15 is 0 Å². The Morgan fingerprint density at radius 1 is 0.980 bits per heavy atom. The highest BCUT2D eigenvalue weighted by Gasteiger charge is 2.44. The fourth-order valence-corrected chi connectivity index (χ4v) is 5.89. The first-order valence-electron chi connectivity index (χ1n) is 17.2. The van der Waals surface area contributed by atoms with Crippen LogP contribution in [0.15, 0.2) is 36.0 Å². The molecule has 0 aromatic rings. The van der Waals surface area contributed by atoms with Gasteiger partial charge in [-0.3, -0.25) is 19.2 Å². The van der Waals surface area contributed by atoms with Crippen molar-refractivity contribution in [1.29, 1.82) is 0 Å². The molecule has 5 amide bonds. The monoisotopic (exact) mass is 686 g/mol. The zero-order chi connectivity index (χ0) is 37.3. The summed E-state index contributed by atoms with van der Waals surface area (Å²) in [4.78, 5) is 80.1. The van der Waals surface area contributed by atoms with Crippen molar-refractivity contribution < 1.29 is 33.5 Å². The van der Waals surface area contributed by atoms with E-state index in [1.54, 1.807) is 47.6 Å². The Hall–Kier alpha value is -4.00. The van der Waals surface area contributed by atoms with E-state index in [1.165, 1.54) is 4.90 Å². The first kappa shape index (κ1) is 41.2. The number of ether oxygens (including phenoxy) is 1. The van der Waals surface area contributed by atoms with Gasteiger partial charge >= 0.3 is 12.0 Å². The summed E-state index contributed by atoms with van der Waals surface area (Å²) < 4.78 is 5.87. The number of carbonyl (C=O) groups excluding carboxylic acids is 6. The van der Waals surface area contributed by atoms with E-state index in [0.29, 0.717) is 25.7 Å². The molecular formula is C36H58N6O7. The molecule has 6 atom stereocenters. The molecule has 49 heavy (non-hydrogen) atoms. The summed E-state index contributed by atoms with van der Waals surface area (Å²) in [7, 11) is 0. The molecule has 0 aromatic carbocycles. The Labute approximate surface area is 291 Å². The number of ketones is 1. The Morgan fingerprint density at radius 3 is 2.10 bits per heavy atom. The maximum atomic E-state index is 14.1. The molecular weight excluding hydrogens is 628 g/mol. The molecule has 1 saturated heterocycles. The van der Waals surface area contributed by atoms with Gasteiger partial charge < -0.3 is 36.6 Å². The first-order valence-corrected chi connectivity index (χ1v) is 17.2. The van der Waals surface area contributed by atoms with Gasteiger partial charge in [-0.2, -0.15) is 0 Å². The van der Waals surface area contributed by atoms with Crippen molar-refractivity contribution in [3.8, 4) is 0 Å². The van der Waals surface area contributed by atoms with Gasteiger partial charge in [-0.05, 0) is 55.1 Å². The van der Waals surface area contributed by atoms with Crippen LogP contribution in [0, 0.1) is 10.8 Å². The van der Waals surface area contributed by atoms with E-state index in [0.717, 1.165) is 17.6 Å². The summed E-state index contributed by atoms with van der Waals surface area (Å²) in [6.45, 7) is 20.6. The Morgan fingerprint density at radius 2 is 1.57 bits per heavy atom. The largest absolute Gasteiger partial charge is 0.460 e. The zero-order valence-corrected chi connectivity index (χ0v) is 30.7. The second-order valence-corrected chi connectivity index (χ2v) is 15.1. The summed E-state index contributed by atoms with van der Waals surface area (Å²) in [6, 6.07) is -4.96. The van der Waals surface area contributed by atoms with Crippen LogP contribution in [0.5, 0.6) is 0 Å². The molecule has 0 radical (unpaired) electrons. The molecule has 0 spiro atoms. The van der Waals surface area contributed by atoms with Crippen molar-refractivity contribution in [3.05, 3.63) is 36.0 Å². The van der Waals surface area contributed by atoms with Gasteiger partial charge in [0.1, 0.15) is 30.3 Å². The fraction of sp³-hybridized carbons (Fsp3) is 0.667. The minimum Gasteiger partial charge on any atom is -0.460 e. The normalized spacial score (nSPS) is 20.7. The molecule has 6 N–H and O–H groups in total. The van der Waals surface area contributed by atoms with Crippen LogP contribution in [0.25, 0.3) is 0 Å². The summed E-state index contributed by atoms with van der Waals surface area (Å²) in [5, 5.41) is 11.2. The van der Waals surface area contributed by atoms with Crippen LogP contribution in [0.3, 0.4) is 0 Å². The molecule has 1 heterocycles. The standard InChI is InChI=1S/C36H58N6O7/c1-11-15-23-19-24(18-22(23)13-3)49-33(47)29(36(8,9)10)41-34(48)40-28(35(5,6)7)32(46)42-17-14-16-26(42)31(45)39-25(27(43)30(37)44)20-38-21(4)12-2/h11,13,15,21,24-26,28-29,38H,3,12,14,16-20H2,1-2,4-10H3,(H2,37,44)(H,39,45)(H2,40,41,48)/b15-11-. The van der Waals surface area contributed by atoms with Gasteiger partial charge in [0, 0.05) is 32.0 Å². The summed E-state index contributed by atoms with van der Waals surface area (Å²) in [5.74, 6) is -3.79. The second kappa shape index (κ2) is 17.6. The minimum absolute atomic E-state index is 0.00344. The predicted molar refractivity (Wildman–Crippen MR) is 188 cm³/mol. The van der Waals surface area contributed by atoms with Gasteiger partial charge in [0.15, 0.2) is 0 Å². The molecule has 274 valence electrons. The zero-order valence-electron chi connectivity index (χ0n) is 30.7. The number of likely N-dealkylation sites (tertiary alicyclic amines) is 1. The second-order valence-electron chi connectivity index (χ2n) is 15.1. The number of hydrogen-bond acceptors (Lipinski definition) is 8. The first-order chi connectivity index (χ1) is 22.7. The number of nitrogens with zero attached hydrogens (tertiary/aromatic N) is 1. The van der Waals surface area contributed by atoms with Gasteiger partial charge in [0.2, 0.25) is 17.6 Å². The number of allylic oxidation sites excluding steroid dienone is 3. The van der Waals surface area contributed by atoms with E-state index in [2.05, 4.69) is 27.8 Å². The molecule has 0 bridgehead atoms. The minimum atomic E-state index is -1.20. The maximum absolute atomic E-state index is 14.1. The van der Waals surface area contributed by atoms with E-state index in [1.807, 2.05) is 32.9 Å². The lowest BCUT2D eigenvalue weighted by molar-refractivity contribution is -0.153. The lowest BCUT2D eigenvalue weighted by atomic mass is 9.85. The van der Waals surface area contributed by atoms with Crippen molar-refractivity contribution in [2.45, 2.75) is 131 Å². The van der Waals surface area contributed by atoms with E-state index < -0.39 is 76.6 Å². The highest BCUT2D eigenvalue weighted by atomic mass is 16.5. The molecule has 13 nitrogen and oxygen atoms in total. The highest BCUT2D eigenvalue weighted by molar-refractivity contribution is 6.38. The van der Waals surface area contributed by atoms with Gasteiger partial charge in [0.25, 0.3) is 5.91 Å². The number of hydrogen-bond donors (Lipinski definition) is 5. The third-order valence-corrected chi connectivity index (χ3v) is 8.97. The average Bonchev–Trinajstić information content (AvgIpc) is 3.66. The van der Waals surface area contributed by atoms with E-state index in [9.17, 15) is 28.8 Å². The highest BCUT2D eigenvalue weighted by Crippen LogP contribution is 2.32. The van der Waals surface area contributed by atoms with Crippen LogP contribution >= 0.6 is 0 Å². The van der Waals surface area contributed by atoms with E-state index in [-0.39, 0.29) is 19.1 Å². The molecule has 1 aliphatic heterocycles. The maximum Gasteiger partial charge on any atom is 0.329 e. The number of rotatable bonds is 15. The van der Waals surface area contributed by atoms with Gasteiger partial charge in [-0.1, -0.05) is 73.3 Å². The predicted octanol–water partition coefficient (Wildman–Crippen LogP) is 2.80. The Bertz CT molecular complexity index is 1330.